The molecule has 0 saturated carbocycles. The number of alkyl halides is 2. The largest absolute Gasteiger partial charge is 0.280 e. The van der Waals surface area contributed by atoms with Gasteiger partial charge in [0.25, 0.3) is 16.4 Å². The van der Waals surface area contributed by atoms with Crippen molar-refractivity contribution in [3.8, 4) is 11.1 Å². The third-order valence-electron chi connectivity index (χ3n) is 3.92. The molecule has 0 aliphatic carbocycles. The van der Waals surface area contributed by atoms with Crippen molar-refractivity contribution in [2.24, 2.45) is 0 Å². The van der Waals surface area contributed by atoms with E-state index in [2.05, 4.69) is 9.82 Å². The number of hydrogen-bond acceptors (Lipinski definition) is 3. The van der Waals surface area contributed by atoms with Crippen LogP contribution in [0.25, 0.3) is 11.1 Å². The fourth-order valence-corrected chi connectivity index (χ4v) is 3.85. The Morgan fingerprint density at radius 3 is 2.30 bits per heavy atom. The van der Waals surface area contributed by atoms with Crippen LogP contribution in [0, 0.1) is 0 Å². The van der Waals surface area contributed by atoms with Gasteiger partial charge < -0.3 is 0 Å². The van der Waals surface area contributed by atoms with Crippen LogP contribution in [0.5, 0.6) is 0 Å². The number of anilines is 1. The van der Waals surface area contributed by atoms with Gasteiger partial charge in [0.2, 0.25) is 0 Å². The molecular formula is C18H16ClF2N3O2S. The van der Waals surface area contributed by atoms with E-state index in [1.807, 2.05) is 0 Å². The minimum Gasteiger partial charge on any atom is -0.261 e. The van der Waals surface area contributed by atoms with Crippen molar-refractivity contribution < 1.29 is 17.2 Å². The van der Waals surface area contributed by atoms with Crippen LogP contribution in [0.4, 0.5) is 14.6 Å². The first-order valence-electron chi connectivity index (χ1n) is 8.06. The molecule has 1 aromatic heterocycles. The van der Waals surface area contributed by atoms with E-state index in [4.69, 9.17) is 11.6 Å². The van der Waals surface area contributed by atoms with Crippen LogP contribution in [0.3, 0.4) is 0 Å². The fourth-order valence-electron chi connectivity index (χ4n) is 2.70. The molecule has 0 bridgehead atoms. The lowest BCUT2D eigenvalue weighted by Gasteiger charge is -2.10. The van der Waals surface area contributed by atoms with Crippen LogP contribution in [-0.2, 0) is 16.6 Å². The third kappa shape index (κ3) is 3.96. The molecule has 0 unspecified atom stereocenters. The number of rotatable bonds is 6. The van der Waals surface area contributed by atoms with E-state index in [0.29, 0.717) is 10.6 Å². The molecule has 0 aliphatic heterocycles. The molecule has 9 heteroatoms. The number of nitrogens with zero attached hydrogens (tertiary/aromatic N) is 2. The molecule has 0 amide bonds. The summed E-state index contributed by atoms with van der Waals surface area (Å²) in [5.74, 6) is -0.154. The van der Waals surface area contributed by atoms with Crippen LogP contribution < -0.4 is 4.72 Å². The van der Waals surface area contributed by atoms with Gasteiger partial charge in [0.15, 0.2) is 5.82 Å². The van der Waals surface area contributed by atoms with Gasteiger partial charge in [-0.1, -0.05) is 41.9 Å². The zero-order chi connectivity index (χ0) is 19.6. The molecule has 27 heavy (non-hydrogen) atoms. The summed E-state index contributed by atoms with van der Waals surface area (Å²) in [6, 6.07) is 13.8. The standard InChI is InChI=1S/C18H16ClF2N3O2S/c1-2-24-16(17(20)21)15(12-8-10-13(19)11-9-12)18(22-24)23-27(25,26)14-6-4-3-5-7-14/h3-11,17H,2H2,1H3,(H,22,23). The Morgan fingerprint density at radius 2 is 1.74 bits per heavy atom. The molecular weight excluding hydrogens is 396 g/mol. The van der Waals surface area contributed by atoms with Crippen molar-refractivity contribution in [3.63, 3.8) is 0 Å². The van der Waals surface area contributed by atoms with Crippen LogP contribution in [0.1, 0.15) is 19.0 Å². The summed E-state index contributed by atoms with van der Waals surface area (Å²) in [7, 11) is -3.99. The molecule has 0 fully saturated rings. The molecule has 0 saturated heterocycles. The van der Waals surface area contributed by atoms with Crippen molar-refractivity contribution in [1.82, 2.24) is 9.78 Å². The van der Waals surface area contributed by atoms with Gasteiger partial charge in [0.1, 0.15) is 5.69 Å². The highest BCUT2D eigenvalue weighted by Crippen LogP contribution is 2.38. The van der Waals surface area contributed by atoms with Gasteiger partial charge in [0, 0.05) is 11.6 Å². The van der Waals surface area contributed by atoms with Gasteiger partial charge in [-0.2, -0.15) is 5.10 Å². The molecule has 0 radical (unpaired) electrons. The SMILES string of the molecule is CCn1nc(NS(=O)(=O)c2ccccc2)c(-c2ccc(Cl)cc2)c1C(F)F. The van der Waals surface area contributed by atoms with Crippen molar-refractivity contribution in [2.45, 2.75) is 24.8 Å². The van der Waals surface area contributed by atoms with Gasteiger partial charge in [-0.05, 0) is 36.8 Å². The van der Waals surface area contributed by atoms with Crippen LogP contribution in [0.2, 0.25) is 5.02 Å². The molecule has 0 spiro atoms. The Bertz CT molecular complexity index is 1040. The Hall–Kier alpha value is -2.45. The monoisotopic (exact) mass is 411 g/mol. The average molecular weight is 412 g/mol. The topological polar surface area (TPSA) is 64.0 Å². The molecule has 0 atom stereocenters. The van der Waals surface area contributed by atoms with E-state index in [-0.39, 0.29) is 28.5 Å². The van der Waals surface area contributed by atoms with E-state index in [0.717, 1.165) is 4.68 Å². The highest BCUT2D eigenvalue weighted by atomic mass is 35.5. The quantitative estimate of drug-likeness (QED) is 0.623. The number of hydrogen-bond donors (Lipinski definition) is 1. The average Bonchev–Trinajstić information content (AvgIpc) is 3.01. The van der Waals surface area contributed by atoms with E-state index in [1.165, 1.54) is 12.1 Å². The molecule has 5 nitrogen and oxygen atoms in total. The highest BCUT2D eigenvalue weighted by Gasteiger charge is 2.28. The molecule has 1 heterocycles. The smallest absolute Gasteiger partial charge is 0.261 e. The number of sulfonamides is 1. The maximum atomic E-state index is 13.7. The maximum absolute atomic E-state index is 13.7. The van der Waals surface area contributed by atoms with Crippen LogP contribution in [-0.4, -0.2) is 18.2 Å². The first kappa shape index (κ1) is 19.3. The summed E-state index contributed by atoms with van der Waals surface area (Å²) in [6.07, 6.45) is -2.84. The Balaban J connectivity index is 2.16. The summed E-state index contributed by atoms with van der Waals surface area (Å²) >= 11 is 5.88. The van der Waals surface area contributed by atoms with Gasteiger partial charge in [-0.15, -0.1) is 0 Å². The lowest BCUT2D eigenvalue weighted by atomic mass is 10.1. The van der Waals surface area contributed by atoms with Crippen LogP contribution in [0.15, 0.2) is 59.5 Å². The molecule has 3 rings (SSSR count). The van der Waals surface area contributed by atoms with E-state index in [9.17, 15) is 17.2 Å². The first-order chi connectivity index (χ1) is 12.8. The first-order valence-corrected chi connectivity index (χ1v) is 9.92. The van der Waals surface area contributed by atoms with E-state index in [1.54, 1.807) is 49.4 Å². The van der Waals surface area contributed by atoms with Crippen molar-refractivity contribution >= 4 is 27.4 Å². The summed E-state index contributed by atoms with van der Waals surface area (Å²) in [5.41, 5.74) is 0.0637. The number of aryl methyl sites for hydroxylation is 1. The Kier molecular flexibility index (Phi) is 5.48. The number of benzene rings is 2. The van der Waals surface area contributed by atoms with Gasteiger partial charge in [-0.25, -0.2) is 17.2 Å². The Labute approximate surface area is 160 Å². The summed E-state index contributed by atoms with van der Waals surface area (Å²) in [4.78, 5) is 0.0108. The molecule has 3 aromatic rings. The van der Waals surface area contributed by atoms with Crippen molar-refractivity contribution in [3.05, 3.63) is 65.3 Å². The maximum Gasteiger partial charge on any atom is 0.280 e. The summed E-state index contributed by atoms with van der Waals surface area (Å²) in [5, 5.41) is 4.51. The summed E-state index contributed by atoms with van der Waals surface area (Å²) in [6.45, 7) is 1.81. The number of halogens is 3. The van der Waals surface area contributed by atoms with E-state index >= 15 is 0 Å². The molecule has 142 valence electrons. The molecule has 0 aliphatic rings. The minimum absolute atomic E-state index is 0.0108. The zero-order valence-corrected chi connectivity index (χ0v) is 15.8. The Morgan fingerprint density at radius 1 is 1.11 bits per heavy atom. The van der Waals surface area contributed by atoms with E-state index < -0.39 is 16.4 Å². The predicted octanol–water partition coefficient (Wildman–Crippen LogP) is 4.96. The summed E-state index contributed by atoms with van der Waals surface area (Å²) < 4.78 is 56.2. The predicted molar refractivity (Wildman–Crippen MR) is 101 cm³/mol. The van der Waals surface area contributed by atoms with Gasteiger partial charge in [0.05, 0.1) is 10.5 Å². The zero-order valence-electron chi connectivity index (χ0n) is 14.2. The lowest BCUT2D eigenvalue weighted by Crippen LogP contribution is -2.14. The normalized spacial score (nSPS) is 11.7. The van der Waals surface area contributed by atoms with Crippen LogP contribution >= 0.6 is 11.6 Å². The van der Waals surface area contributed by atoms with Gasteiger partial charge >= 0.3 is 0 Å². The van der Waals surface area contributed by atoms with Gasteiger partial charge in [-0.3, -0.25) is 9.40 Å². The molecule has 1 N–H and O–H groups in total. The number of aromatic nitrogens is 2. The fraction of sp³-hybridized carbons (Fsp3) is 0.167. The molecule has 2 aromatic carbocycles. The second-order valence-electron chi connectivity index (χ2n) is 5.65. The third-order valence-corrected chi connectivity index (χ3v) is 5.52. The van der Waals surface area contributed by atoms with Crippen molar-refractivity contribution in [1.29, 1.82) is 0 Å². The minimum atomic E-state index is -3.99. The van der Waals surface area contributed by atoms with Crippen molar-refractivity contribution in [2.75, 3.05) is 4.72 Å². The highest BCUT2D eigenvalue weighted by molar-refractivity contribution is 7.92. The lowest BCUT2D eigenvalue weighted by molar-refractivity contribution is 0.140. The second-order valence-corrected chi connectivity index (χ2v) is 7.77. The second kappa shape index (κ2) is 7.66. The number of nitrogens with one attached hydrogen (secondary N) is 1.